The Morgan fingerprint density at radius 1 is 1.40 bits per heavy atom. The second kappa shape index (κ2) is 5.17. The number of aromatic nitrogens is 3. The number of pyridine rings is 1. The molecule has 0 amide bonds. The number of nitrogens with zero attached hydrogens (tertiary/aromatic N) is 4. The molecular weight excluding hydrogens is 252 g/mol. The first-order valence-electron chi connectivity index (χ1n) is 6.85. The van der Waals surface area contributed by atoms with Crippen LogP contribution in [0.15, 0.2) is 35.4 Å². The van der Waals surface area contributed by atoms with E-state index in [4.69, 9.17) is 0 Å². The molecule has 2 aromatic heterocycles. The van der Waals surface area contributed by atoms with Crippen molar-refractivity contribution >= 4 is 0 Å². The van der Waals surface area contributed by atoms with Gasteiger partial charge in [-0.3, -0.25) is 14.7 Å². The summed E-state index contributed by atoms with van der Waals surface area (Å²) in [6.07, 6.45) is 4.58. The molecule has 3 heterocycles. The second-order valence-electron chi connectivity index (χ2n) is 5.26. The largest absolute Gasteiger partial charge is 0.292 e. The molecule has 0 N–H and O–H groups in total. The minimum absolute atomic E-state index is 0.0420. The van der Waals surface area contributed by atoms with Gasteiger partial charge in [-0.15, -0.1) is 0 Å². The van der Waals surface area contributed by atoms with Crippen LogP contribution in [0.1, 0.15) is 29.8 Å². The maximum absolute atomic E-state index is 11.7. The highest BCUT2D eigenvalue weighted by atomic mass is 16.1. The molecule has 1 aliphatic heterocycles. The Morgan fingerprint density at radius 3 is 3.00 bits per heavy atom. The van der Waals surface area contributed by atoms with E-state index in [1.165, 1.54) is 10.2 Å². The molecule has 5 nitrogen and oxygen atoms in total. The quantitative estimate of drug-likeness (QED) is 0.825. The van der Waals surface area contributed by atoms with Gasteiger partial charge in [0.05, 0.1) is 5.69 Å². The van der Waals surface area contributed by atoms with E-state index in [0.717, 1.165) is 30.8 Å². The van der Waals surface area contributed by atoms with Crippen LogP contribution in [0.25, 0.3) is 0 Å². The summed E-state index contributed by atoms with van der Waals surface area (Å²) in [4.78, 5) is 18.2. The van der Waals surface area contributed by atoms with E-state index >= 15 is 0 Å². The van der Waals surface area contributed by atoms with Crippen LogP contribution in [-0.4, -0.2) is 26.2 Å². The standard InChI is InChI=1S/C15H18N4O/c1-11(12-4-3-6-16-9-12)19-7-5-14-13(10-19)8-15(20)18(2)17-14/h3-4,6,8-9,11H,5,7,10H2,1-2H3/t11-/m0/s1. The first-order valence-corrected chi connectivity index (χ1v) is 6.85. The topological polar surface area (TPSA) is 51.0 Å². The molecule has 0 aliphatic carbocycles. The lowest BCUT2D eigenvalue weighted by atomic mass is 10.0. The van der Waals surface area contributed by atoms with Gasteiger partial charge in [-0.05, 0) is 24.1 Å². The molecule has 5 heteroatoms. The molecular formula is C15H18N4O. The summed E-state index contributed by atoms with van der Waals surface area (Å²) >= 11 is 0. The predicted octanol–water partition coefficient (Wildman–Crippen LogP) is 1.29. The van der Waals surface area contributed by atoms with Crippen LogP contribution in [-0.2, 0) is 20.0 Å². The molecule has 0 saturated carbocycles. The van der Waals surface area contributed by atoms with Crippen molar-refractivity contribution in [3.05, 3.63) is 57.8 Å². The van der Waals surface area contributed by atoms with E-state index in [1.54, 1.807) is 19.3 Å². The van der Waals surface area contributed by atoms with Gasteiger partial charge in [-0.2, -0.15) is 5.10 Å². The van der Waals surface area contributed by atoms with E-state index in [2.05, 4.69) is 28.0 Å². The third-order valence-electron chi connectivity index (χ3n) is 3.98. The molecule has 1 aliphatic rings. The van der Waals surface area contributed by atoms with Gasteiger partial charge >= 0.3 is 0 Å². The number of fused-ring (bicyclic) bond motifs is 1. The molecule has 0 aromatic carbocycles. The summed E-state index contributed by atoms with van der Waals surface area (Å²) < 4.78 is 1.42. The number of hydrogen-bond donors (Lipinski definition) is 0. The molecule has 1 atom stereocenters. The third kappa shape index (κ3) is 2.36. The van der Waals surface area contributed by atoms with Crippen LogP contribution >= 0.6 is 0 Å². The fraction of sp³-hybridized carbons (Fsp3) is 0.400. The van der Waals surface area contributed by atoms with Gasteiger partial charge in [-0.25, -0.2) is 4.68 Å². The maximum atomic E-state index is 11.7. The van der Waals surface area contributed by atoms with Crippen LogP contribution in [0.5, 0.6) is 0 Å². The summed E-state index contributed by atoms with van der Waals surface area (Å²) in [6.45, 7) is 3.90. The van der Waals surface area contributed by atoms with Crippen molar-refractivity contribution in [2.24, 2.45) is 7.05 Å². The van der Waals surface area contributed by atoms with E-state index in [0.29, 0.717) is 6.04 Å². The Kier molecular flexibility index (Phi) is 3.36. The van der Waals surface area contributed by atoms with Crippen LogP contribution < -0.4 is 5.56 Å². The van der Waals surface area contributed by atoms with Crippen molar-refractivity contribution in [2.45, 2.75) is 25.9 Å². The van der Waals surface area contributed by atoms with Crippen molar-refractivity contribution in [3.63, 3.8) is 0 Å². The van der Waals surface area contributed by atoms with E-state index in [9.17, 15) is 4.79 Å². The smallest absolute Gasteiger partial charge is 0.266 e. The van der Waals surface area contributed by atoms with Gasteiger partial charge in [0.1, 0.15) is 0 Å². The average Bonchev–Trinajstić information content (AvgIpc) is 2.48. The fourth-order valence-electron chi connectivity index (χ4n) is 2.68. The lowest BCUT2D eigenvalue weighted by Crippen LogP contribution is -2.35. The summed E-state index contributed by atoms with van der Waals surface area (Å²) in [5.74, 6) is 0. The van der Waals surface area contributed by atoms with Crippen molar-refractivity contribution in [2.75, 3.05) is 6.54 Å². The van der Waals surface area contributed by atoms with Crippen LogP contribution in [0.2, 0.25) is 0 Å². The van der Waals surface area contributed by atoms with Crippen molar-refractivity contribution < 1.29 is 0 Å². The Balaban J connectivity index is 1.85. The summed E-state index contributed by atoms with van der Waals surface area (Å²) in [7, 11) is 1.70. The van der Waals surface area contributed by atoms with Gasteiger partial charge in [-0.1, -0.05) is 6.07 Å². The zero-order chi connectivity index (χ0) is 14.1. The minimum atomic E-state index is -0.0420. The zero-order valence-corrected chi connectivity index (χ0v) is 11.8. The van der Waals surface area contributed by atoms with Crippen LogP contribution in [0.3, 0.4) is 0 Å². The van der Waals surface area contributed by atoms with Crippen LogP contribution in [0.4, 0.5) is 0 Å². The van der Waals surface area contributed by atoms with Gasteiger partial charge in [0.15, 0.2) is 0 Å². The SMILES string of the molecule is C[C@@H](c1cccnc1)N1CCc2nn(C)c(=O)cc2C1. The lowest BCUT2D eigenvalue weighted by molar-refractivity contribution is 0.189. The molecule has 0 spiro atoms. The normalized spacial score (nSPS) is 16.7. The van der Waals surface area contributed by atoms with E-state index in [1.807, 2.05) is 12.3 Å². The predicted molar refractivity (Wildman–Crippen MR) is 76.2 cm³/mol. The maximum Gasteiger partial charge on any atom is 0.266 e. The van der Waals surface area contributed by atoms with Crippen molar-refractivity contribution in [3.8, 4) is 0 Å². The van der Waals surface area contributed by atoms with Gasteiger partial charge in [0, 0.05) is 51.1 Å². The highest BCUT2D eigenvalue weighted by molar-refractivity contribution is 5.22. The molecule has 0 fully saturated rings. The Bertz CT molecular complexity index is 665. The third-order valence-corrected chi connectivity index (χ3v) is 3.98. The second-order valence-corrected chi connectivity index (χ2v) is 5.26. The van der Waals surface area contributed by atoms with E-state index < -0.39 is 0 Å². The molecule has 3 rings (SSSR count). The lowest BCUT2D eigenvalue weighted by Gasteiger charge is -2.33. The number of hydrogen-bond acceptors (Lipinski definition) is 4. The molecule has 0 saturated heterocycles. The summed E-state index contributed by atoms with van der Waals surface area (Å²) in [5.41, 5.74) is 3.25. The minimum Gasteiger partial charge on any atom is -0.292 e. The first-order chi connectivity index (χ1) is 9.65. The molecule has 2 aromatic rings. The highest BCUT2D eigenvalue weighted by Crippen LogP contribution is 2.25. The van der Waals surface area contributed by atoms with Crippen molar-refractivity contribution in [1.29, 1.82) is 0 Å². The van der Waals surface area contributed by atoms with Gasteiger partial charge < -0.3 is 0 Å². The monoisotopic (exact) mass is 270 g/mol. The van der Waals surface area contributed by atoms with Gasteiger partial charge in [0.2, 0.25) is 0 Å². The number of rotatable bonds is 2. The molecule has 104 valence electrons. The summed E-state index contributed by atoms with van der Waals surface area (Å²) in [5, 5.41) is 4.34. The molecule has 0 bridgehead atoms. The van der Waals surface area contributed by atoms with E-state index in [-0.39, 0.29) is 5.56 Å². The van der Waals surface area contributed by atoms with Crippen LogP contribution in [0, 0.1) is 0 Å². The number of aryl methyl sites for hydroxylation is 1. The Morgan fingerprint density at radius 2 is 2.25 bits per heavy atom. The molecule has 0 radical (unpaired) electrons. The molecule has 0 unspecified atom stereocenters. The zero-order valence-electron chi connectivity index (χ0n) is 11.8. The first kappa shape index (κ1) is 13.0. The highest BCUT2D eigenvalue weighted by Gasteiger charge is 2.23. The van der Waals surface area contributed by atoms with Crippen molar-refractivity contribution in [1.82, 2.24) is 19.7 Å². The Labute approximate surface area is 117 Å². The summed E-state index contributed by atoms with van der Waals surface area (Å²) in [6, 6.07) is 6.06. The average molecular weight is 270 g/mol. The molecule has 20 heavy (non-hydrogen) atoms. The Hall–Kier alpha value is -2.01. The van der Waals surface area contributed by atoms with Gasteiger partial charge in [0.25, 0.3) is 5.56 Å². The fourth-order valence-corrected chi connectivity index (χ4v) is 2.68.